The number of thioether (sulfide) groups is 1. The predicted octanol–water partition coefficient (Wildman–Crippen LogP) is 2.94. The van der Waals surface area contributed by atoms with Crippen LogP contribution in [-0.4, -0.2) is 41.8 Å². The average Bonchev–Trinajstić information content (AvgIpc) is 2.85. The highest BCUT2D eigenvalue weighted by atomic mass is 32.2. The van der Waals surface area contributed by atoms with Gasteiger partial charge in [-0.1, -0.05) is 31.2 Å². The first kappa shape index (κ1) is 25.7. The molecule has 0 unspecified atom stereocenters. The average molecular weight is 468 g/mol. The Labute approximate surface area is 198 Å². The van der Waals surface area contributed by atoms with Crippen molar-refractivity contribution in [3.05, 3.63) is 70.1 Å². The number of carbonyl (C=O) groups excluding carboxylic acids is 3. The van der Waals surface area contributed by atoms with E-state index >= 15 is 0 Å². The maximum absolute atomic E-state index is 12.8. The summed E-state index contributed by atoms with van der Waals surface area (Å²) in [6, 6.07) is 14.7. The zero-order valence-corrected chi connectivity index (χ0v) is 19.6. The standard InChI is InChI=1S/C24H29N5O3S/c1-3-17-6-8-18(9-7-17)15-21(33-2)24(32)29(16-30)14-4-5-22(31)27-20-12-10-19(11-13-20)23(25)28-26/h6-13,15-16H,3-5,14,26H2,1-2H3,(H2,25,28)(H,27,31)/b21-15-. The number of imide groups is 1. The summed E-state index contributed by atoms with van der Waals surface area (Å²) in [4.78, 5) is 38.1. The van der Waals surface area contributed by atoms with E-state index in [9.17, 15) is 14.4 Å². The molecule has 3 amide bonds. The number of amides is 3. The lowest BCUT2D eigenvalue weighted by Crippen LogP contribution is -2.31. The monoisotopic (exact) mass is 467 g/mol. The van der Waals surface area contributed by atoms with E-state index in [-0.39, 0.29) is 30.6 Å². The van der Waals surface area contributed by atoms with E-state index in [1.807, 2.05) is 24.3 Å². The Morgan fingerprint density at radius 2 is 1.79 bits per heavy atom. The minimum atomic E-state index is -0.382. The number of carbonyl (C=O) groups is 3. The lowest BCUT2D eigenvalue weighted by atomic mass is 10.1. The summed E-state index contributed by atoms with van der Waals surface area (Å²) in [7, 11) is 0. The van der Waals surface area contributed by atoms with E-state index in [1.165, 1.54) is 17.3 Å². The van der Waals surface area contributed by atoms with E-state index < -0.39 is 0 Å². The van der Waals surface area contributed by atoms with Crippen molar-refractivity contribution in [2.24, 2.45) is 16.7 Å². The molecule has 0 radical (unpaired) electrons. The summed E-state index contributed by atoms with van der Waals surface area (Å²) < 4.78 is 0. The van der Waals surface area contributed by atoms with E-state index in [1.54, 1.807) is 36.6 Å². The summed E-state index contributed by atoms with van der Waals surface area (Å²) in [5.41, 5.74) is 8.98. The molecule has 0 saturated heterocycles. The van der Waals surface area contributed by atoms with E-state index in [4.69, 9.17) is 11.6 Å². The first-order valence-electron chi connectivity index (χ1n) is 10.5. The van der Waals surface area contributed by atoms with Gasteiger partial charge in [-0.2, -0.15) is 5.10 Å². The van der Waals surface area contributed by atoms with Crippen LogP contribution in [0, 0.1) is 0 Å². The normalized spacial score (nSPS) is 11.7. The van der Waals surface area contributed by atoms with Crippen LogP contribution in [0.5, 0.6) is 0 Å². The highest BCUT2D eigenvalue weighted by Gasteiger charge is 2.17. The molecule has 0 atom stereocenters. The van der Waals surface area contributed by atoms with Gasteiger partial charge in [-0.15, -0.1) is 11.8 Å². The fourth-order valence-corrected chi connectivity index (χ4v) is 3.53. The SMILES string of the molecule is CCc1ccc(/C=C(\SC)C(=O)N(C=O)CCCC(=O)Nc2ccc(/C(N)=N/N)cc2)cc1. The Hall–Kier alpha value is -3.59. The summed E-state index contributed by atoms with van der Waals surface area (Å²) in [5.74, 6) is 4.74. The van der Waals surface area contributed by atoms with Crippen molar-refractivity contribution < 1.29 is 14.4 Å². The zero-order chi connectivity index (χ0) is 24.2. The molecule has 5 N–H and O–H groups in total. The lowest BCUT2D eigenvalue weighted by molar-refractivity contribution is -0.135. The Kier molecular flexibility index (Phi) is 10.2. The number of nitrogens with zero attached hydrogens (tertiary/aromatic N) is 2. The van der Waals surface area contributed by atoms with Crippen LogP contribution in [0.1, 0.15) is 36.5 Å². The molecule has 0 aliphatic rings. The van der Waals surface area contributed by atoms with Crippen LogP contribution in [0.15, 0.2) is 58.5 Å². The molecule has 0 aromatic heterocycles. The van der Waals surface area contributed by atoms with Gasteiger partial charge in [0.1, 0.15) is 5.84 Å². The molecule has 2 aromatic rings. The first-order chi connectivity index (χ1) is 15.9. The van der Waals surface area contributed by atoms with Crippen LogP contribution < -0.4 is 16.9 Å². The second kappa shape index (κ2) is 13.1. The molecule has 8 nitrogen and oxygen atoms in total. The van der Waals surface area contributed by atoms with Crippen LogP contribution in [0.4, 0.5) is 5.69 Å². The third kappa shape index (κ3) is 7.80. The van der Waals surface area contributed by atoms with E-state index in [2.05, 4.69) is 17.3 Å². The number of amidine groups is 1. The van der Waals surface area contributed by atoms with Gasteiger partial charge in [-0.3, -0.25) is 19.3 Å². The molecule has 2 rings (SSSR count). The quantitative estimate of drug-likeness (QED) is 0.116. The number of rotatable bonds is 11. The molecule has 9 heteroatoms. The van der Waals surface area contributed by atoms with Crippen LogP contribution in [0.2, 0.25) is 0 Å². The number of hydrazone groups is 1. The predicted molar refractivity (Wildman–Crippen MR) is 134 cm³/mol. The van der Waals surface area contributed by atoms with Gasteiger partial charge in [0.05, 0.1) is 4.91 Å². The number of benzene rings is 2. The number of nitrogens with one attached hydrogen (secondary N) is 1. The topological polar surface area (TPSA) is 131 Å². The van der Waals surface area contributed by atoms with Crippen molar-refractivity contribution in [1.29, 1.82) is 0 Å². The van der Waals surface area contributed by atoms with Gasteiger partial charge in [0.15, 0.2) is 0 Å². The molecular weight excluding hydrogens is 438 g/mol. The Morgan fingerprint density at radius 3 is 2.33 bits per heavy atom. The van der Waals surface area contributed by atoms with Crippen molar-refractivity contribution in [3.8, 4) is 0 Å². The highest BCUT2D eigenvalue weighted by molar-refractivity contribution is 8.03. The molecular formula is C24H29N5O3S. The fraction of sp³-hybridized carbons (Fsp3) is 0.250. The number of aryl methyl sites for hydroxylation is 1. The fourth-order valence-electron chi connectivity index (χ4n) is 2.98. The third-order valence-electron chi connectivity index (χ3n) is 4.91. The molecule has 2 aromatic carbocycles. The molecule has 0 aliphatic heterocycles. The minimum Gasteiger partial charge on any atom is -0.382 e. The van der Waals surface area contributed by atoms with Crippen molar-refractivity contribution in [2.45, 2.75) is 26.2 Å². The number of nitrogens with two attached hydrogens (primary N) is 2. The second-order valence-electron chi connectivity index (χ2n) is 7.16. The van der Waals surface area contributed by atoms with Crippen molar-refractivity contribution in [2.75, 3.05) is 18.1 Å². The van der Waals surface area contributed by atoms with Crippen LogP contribution in [0.3, 0.4) is 0 Å². The van der Waals surface area contributed by atoms with Gasteiger partial charge in [-0.05, 0) is 60.6 Å². The van der Waals surface area contributed by atoms with Gasteiger partial charge in [0.2, 0.25) is 12.3 Å². The van der Waals surface area contributed by atoms with Gasteiger partial charge >= 0.3 is 0 Å². The maximum atomic E-state index is 12.8. The Bertz CT molecular complexity index is 1020. The summed E-state index contributed by atoms with van der Waals surface area (Å²) >= 11 is 1.28. The number of anilines is 1. The van der Waals surface area contributed by atoms with Crippen LogP contribution >= 0.6 is 11.8 Å². The van der Waals surface area contributed by atoms with Gasteiger partial charge in [-0.25, -0.2) is 0 Å². The lowest BCUT2D eigenvalue weighted by Gasteiger charge is -2.16. The summed E-state index contributed by atoms with van der Waals surface area (Å²) in [6.07, 6.45) is 5.50. The van der Waals surface area contributed by atoms with Gasteiger partial charge < -0.3 is 16.9 Å². The molecule has 0 saturated carbocycles. The van der Waals surface area contributed by atoms with Crippen molar-refractivity contribution in [3.63, 3.8) is 0 Å². The largest absolute Gasteiger partial charge is 0.382 e. The minimum absolute atomic E-state index is 0.144. The summed E-state index contributed by atoms with van der Waals surface area (Å²) in [6.45, 7) is 2.22. The number of hydrogen-bond acceptors (Lipinski definition) is 6. The first-order valence-corrected chi connectivity index (χ1v) is 11.7. The van der Waals surface area contributed by atoms with Crippen molar-refractivity contribution >= 4 is 47.6 Å². The van der Waals surface area contributed by atoms with E-state index in [0.29, 0.717) is 29.0 Å². The highest BCUT2D eigenvalue weighted by Crippen LogP contribution is 2.20. The van der Waals surface area contributed by atoms with Crippen LogP contribution in [-0.2, 0) is 20.8 Å². The molecule has 0 fully saturated rings. The van der Waals surface area contributed by atoms with Gasteiger partial charge in [0, 0.05) is 24.2 Å². The molecule has 33 heavy (non-hydrogen) atoms. The number of hydrogen-bond donors (Lipinski definition) is 3. The molecule has 0 bridgehead atoms. The smallest absolute Gasteiger partial charge is 0.266 e. The second-order valence-corrected chi connectivity index (χ2v) is 8.00. The third-order valence-corrected chi connectivity index (χ3v) is 5.64. The Balaban J connectivity index is 1.91. The maximum Gasteiger partial charge on any atom is 0.266 e. The molecule has 0 aliphatic carbocycles. The summed E-state index contributed by atoms with van der Waals surface area (Å²) in [5, 5.41) is 6.18. The van der Waals surface area contributed by atoms with E-state index in [0.717, 1.165) is 16.9 Å². The molecule has 0 heterocycles. The Morgan fingerprint density at radius 1 is 1.12 bits per heavy atom. The molecule has 0 spiro atoms. The molecule has 174 valence electrons. The van der Waals surface area contributed by atoms with Crippen molar-refractivity contribution in [1.82, 2.24) is 4.90 Å². The zero-order valence-electron chi connectivity index (χ0n) is 18.8. The van der Waals surface area contributed by atoms with Crippen LogP contribution in [0.25, 0.3) is 6.08 Å². The van der Waals surface area contributed by atoms with Gasteiger partial charge in [0.25, 0.3) is 5.91 Å².